The second-order valence-corrected chi connectivity index (χ2v) is 7.94. The van der Waals surface area contributed by atoms with Gasteiger partial charge < -0.3 is 10.2 Å². The van der Waals surface area contributed by atoms with Gasteiger partial charge in [-0.25, -0.2) is 0 Å². The molecule has 2 aromatic rings. The Morgan fingerprint density at radius 1 is 1.04 bits per heavy atom. The van der Waals surface area contributed by atoms with Gasteiger partial charge in [0.2, 0.25) is 11.8 Å². The van der Waals surface area contributed by atoms with Crippen LogP contribution >= 0.6 is 11.8 Å². The highest BCUT2D eigenvalue weighted by Crippen LogP contribution is 2.16. The molecular formula is C23H30N2O2S. The maximum atomic E-state index is 12.9. The van der Waals surface area contributed by atoms with E-state index in [1.165, 1.54) is 11.1 Å². The zero-order chi connectivity index (χ0) is 20.4. The van der Waals surface area contributed by atoms with E-state index in [1.54, 1.807) is 23.6 Å². The molecule has 2 aromatic carbocycles. The smallest absolute Gasteiger partial charge is 0.242 e. The van der Waals surface area contributed by atoms with E-state index in [-0.39, 0.29) is 11.8 Å². The van der Waals surface area contributed by atoms with E-state index in [2.05, 4.69) is 17.4 Å². The van der Waals surface area contributed by atoms with Gasteiger partial charge >= 0.3 is 0 Å². The lowest BCUT2D eigenvalue weighted by Gasteiger charge is -2.28. The quantitative estimate of drug-likeness (QED) is 0.653. The van der Waals surface area contributed by atoms with Crippen molar-refractivity contribution in [2.24, 2.45) is 0 Å². The summed E-state index contributed by atoms with van der Waals surface area (Å²) in [6.07, 6.45) is 0.872. The van der Waals surface area contributed by atoms with Crippen LogP contribution in [0, 0.1) is 6.92 Å². The van der Waals surface area contributed by atoms with Crippen LogP contribution in [0.25, 0.3) is 0 Å². The van der Waals surface area contributed by atoms with Gasteiger partial charge in [0.15, 0.2) is 0 Å². The molecule has 0 unspecified atom stereocenters. The number of rotatable bonds is 10. The largest absolute Gasteiger partial charge is 0.354 e. The molecule has 0 saturated heterocycles. The zero-order valence-corrected chi connectivity index (χ0v) is 17.8. The monoisotopic (exact) mass is 398 g/mol. The average Bonchev–Trinajstić information content (AvgIpc) is 2.71. The summed E-state index contributed by atoms with van der Waals surface area (Å²) in [5.74, 6) is 1.02. The molecule has 0 spiro atoms. The van der Waals surface area contributed by atoms with Gasteiger partial charge in [-0.1, -0.05) is 67.1 Å². The predicted molar refractivity (Wildman–Crippen MR) is 117 cm³/mol. The van der Waals surface area contributed by atoms with Crippen LogP contribution in [0.3, 0.4) is 0 Å². The van der Waals surface area contributed by atoms with E-state index in [4.69, 9.17) is 0 Å². The summed E-state index contributed by atoms with van der Waals surface area (Å²) in [5, 5.41) is 2.90. The molecule has 5 heteroatoms. The fourth-order valence-corrected chi connectivity index (χ4v) is 3.65. The highest BCUT2D eigenvalue weighted by Gasteiger charge is 2.25. The number of carbonyl (C=O) groups excluding carboxylic acids is 2. The van der Waals surface area contributed by atoms with Crippen molar-refractivity contribution in [3.05, 3.63) is 71.3 Å². The van der Waals surface area contributed by atoms with Crippen LogP contribution in [0.1, 0.15) is 37.0 Å². The number of benzene rings is 2. The maximum Gasteiger partial charge on any atom is 0.242 e. The Morgan fingerprint density at radius 3 is 2.36 bits per heavy atom. The standard InChI is InChI=1S/C23H30N2O2S/c1-4-14-24-23(27)19(3)25(15-20-12-10-18(2)11-13-20)22(26)17-28-16-21-8-6-5-7-9-21/h5-13,19H,4,14-17H2,1-3H3,(H,24,27)/t19-/m0/s1. The second-order valence-electron chi connectivity index (χ2n) is 6.95. The minimum Gasteiger partial charge on any atom is -0.354 e. The van der Waals surface area contributed by atoms with Crippen LogP contribution in [-0.4, -0.2) is 35.1 Å². The van der Waals surface area contributed by atoms with E-state index < -0.39 is 6.04 Å². The zero-order valence-electron chi connectivity index (χ0n) is 17.0. The molecule has 0 aliphatic rings. The van der Waals surface area contributed by atoms with Gasteiger partial charge in [-0.05, 0) is 31.4 Å². The van der Waals surface area contributed by atoms with Gasteiger partial charge in [0.05, 0.1) is 5.75 Å². The van der Waals surface area contributed by atoms with Gasteiger partial charge in [-0.2, -0.15) is 0 Å². The third-order valence-corrected chi connectivity index (χ3v) is 5.52. The Morgan fingerprint density at radius 2 is 1.71 bits per heavy atom. The number of thioether (sulfide) groups is 1. The molecule has 0 aliphatic heterocycles. The van der Waals surface area contributed by atoms with E-state index >= 15 is 0 Å². The number of carbonyl (C=O) groups is 2. The van der Waals surface area contributed by atoms with Crippen molar-refractivity contribution in [1.82, 2.24) is 10.2 Å². The van der Waals surface area contributed by atoms with Gasteiger partial charge in [0.25, 0.3) is 0 Å². The summed E-state index contributed by atoms with van der Waals surface area (Å²) < 4.78 is 0. The lowest BCUT2D eigenvalue weighted by Crippen LogP contribution is -2.48. The molecular weight excluding hydrogens is 368 g/mol. The van der Waals surface area contributed by atoms with Crippen molar-refractivity contribution >= 4 is 23.6 Å². The summed E-state index contributed by atoms with van der Waals surface area (Å²) in [4.78, 5) is 27.1. The molecule has 1 atom stereocenters. The van der Waals surface area contributed by atoms with Crippen LogP contribution in [-0.2, 0) is 21.9 Å². The van der Waals surface area contributed by atoms with Crippen molar-refractivity contribution < 1.29 is 9.59 Å². The molecule has 0 bridgehead atoms. The first-order valence-corrected chi connectivity index (χ1v) is 10.9. The van der Waals surface area contributed by atoms with Gasteiger partial charge in [0.1, 0.15) is 6.04 Å². The number of nitrogens with one attached hydrogen (secondary N) is 1. The summed E-state index contributed by atoms with van der Waals surface area (Å²) in [5.41, 5.74) is 3.40. The number of amides is 2. The molecule has 0 heterocycles. The molecule has 2 amide bonds. The fraction of sp³-hybridized carbons (Fsp3) is 0.391. The first-order valence-electron chi connectivity index (χ1n) is 9.75. The molecule has 0 radical (unpaired) electrons. The average molecular weight is 399 g/mol. The number of hydrogen-bond donors (Lipinski definition) is 1. The highest BCUT2D eigenvalue weighted by molar-refractivity contribution is 7.99. The topological polar surface area (TPSA) is 49.4 Å². The van der Waals surface area contributed by atoms with Gasteiger partial charge in [-0.15, -0.1) is 11.8 Å². The lowest BCUT2D eigenvalue weighted by molar-refractivity contribution is -0.138. The van der Waals surface area contributed by atoms with Crippen molar-refractivity contribution in [2.75, 3.05) is 12.3 Å². The Bertz CT molecular complexity index is 747. The Labute approximate surface area is 172 Å². The first kappa shape index (κ1) is 22.0. The van der Waals surface area contributed by atoms with Gasteiger partial charge in [-0.3, -0.25) is 9.59 Å². The molecule has 2 rings (SSSR count). The molecule has 0 saturated carbocycles. The summed E-state index contributed by atoms with van der Waals surface area (Å²) in [6.45, 7) is 6.91. The summed E-state index contributed by atoms with van der Waals surface area (Å²) in [6, 6.07) is 17.7. The van der Waals surface area contributed by atoms with E-state index in [1.807, 2.05) is 56.3 Å². The lowest BCUT2D eigenvalue weighted by atomic mass is 10.1. The number of nitrogens with zero attached hydrogens (tertiary/aromatic N) is 1. The van der Waals surface area contributed by atoms with E-state index in [0.717, 1.165) is 17.7 Å². The molecule has 0 aliphatic carbocycles. The first-order chi connectivity index (χ1) is 13.5. The third-order valence-electron chi connectivity index (χ3n) is 4.53. The molecule has 4 nitrogen and oxygen atoms in total. The van der Waals surface area contributed by atoms with Crippen LogP contribution < -0.4 is 5.32 Å². The van der Waals surface area contributed by atoms with Crippen LogP contribution in [0.4, 0.5) is 0 Å². The number of aryl methyl sites for hydroxylation is 1. The van der Waals surface area contributed by atoms with Crippen molar-refractivity contribution in [2.45, 2.75) is 45.5 Å². The minimum atomic E-state index is -0.502. The normalized spacial score (nSPS) is 11.7. The summed E-state index contributed by atoms with van der Waals surface area (Å²) in [7, 11) is 0. The van der Waals surface area contributed by atoms with Crippen LogP contribution in [0.15, 0.2) is 54.6 Å². The van der Waals surface area contributed by atoms with E-state index in [9.17, 15) is 9.59 Å². The van der Waals surface area contributed by atoms with Crippen LogP contribution in [0.5, 0.6) is 0 Å². The predicted octanol–water partition coefficient (Wildman–Crippen LogP) is 4.17. The molecule has 0 aromatic heterocycles. The number of hydrogen-bond acceptors (Lipinski definition) is 3. The maximum absolute atomic E-state index is 12.9. The van der Waals surface area contributed by atoms with Gasteiger partial charge in [0, 0.05) is 18.8 Å². The second kappa shape index (κ2) is 11.5. The Kier molecular flexibility index (Phi) is 9.08. The van der Waals surface area contributed by atoms with E-state index in [0.29, 0.717) is 18.8 Å². The molecule has 150 valence electrons. The van der Waals surface area contributed by atoms with Crippen molar-refractivity contribution in [3.63, 3.8) is 0 Å². The molecule has 0 fully saturated rings. The minimum absolute atomic E-state index is 0.0133. The van der Waals surface area contributed by atoms with Crippen LogP contribution in [0.2, 0.25) is 0 Å². The highest BCUT2D eigenvalue weighted by atomic mass is 32.2. The fourth-order valence-electron chi connectivity index (χ4n) is 2.78. The molecule has 1 N–H and O–H groups in total. The summed E-state index contributed by atoms with van der Waals surface area (Å²) >= 11 is 1.58. The Balaban J connectivity index is 2.03. The van der Waals surface area contributed by atoms with Crippen molar-refractivity contribution in [1.29, 1.82) is 0 Å². The van der Waals surface area contributed by atoms with Crippen molar-refractivity contribution in [3.8, 4) is 0 Å². The third kappa shape index (κ3) is 7.04. The Hall–Kier alpha value is -2.27. The SMILES string of the molecule is CCCNC(=O)[C@H](C)N(Cc1ccc(C)cc1)C(=O)CSCc1ccccc1. The molecule has 28 heavy (non-hydrogen) atoms.